The second-order valence-corrected chi connectivity index (χ2v) is 10.7. The molecule has 0 saturated carbocycles. The first-order valence-electron chi connectivity index (χ1n) is 13.7. The Balaban J connectivity index is 1.47. The van der Waals surface area contributed by atoms with Gasteiger partial charge in [-0.2, -0.15) is 0 Å². The number of nitrogens with one attached hydrogen (secondary N) is 3. The largest absolute Gasteiger partial charge is 0.444 e. The zero-order valence-electron chi connectivity index (χ0n) is 23.6. The number of hydrogen-bond donors (Lipinski definition) is 3. The summed E-state index contributed by atoms with van der Waals surface area (Å²) in [6.07, 6.45) is 3.05. The van der Waals surface area contributed by atoms with Crippen molar-refractivity contribution >= 4 is 23.1 Å². The first-order chi connectivity index (χ1) is 19.9. The third-order valence-corrected chi connectivity index (χ3v) is 6.45. The van der Waals surface area contributed by atoms with Crippen molar-refractivity contribution in [3.63, 3.8) is 0 Å². The quantitative estimate of drug-likeness (QED) is 0.172. The van der Waals surface area contributed by atoms with Gasteiger partial charge in [-0.25, -0.2) is 14.9 Å². The molecule has 3 N–H and O–H groups in total. The smallest absolute Gasteiger partial charge is 0.323 e. The number of oxazole rings is 1. The SMILES string of the molecule is CC(C)CN(CC(C)C)c1ccc(-c2ccccc2-c2nnn[nH]2)cc1NC(=O)Nc1ccc(-c2cnco2)cc1. The summed E-state index contributed by atoms with van der Waals surface area (Å²) in [6.45, 7) is 10.5. The fourth-order valence-electron chi connectivity index (χ4n) is 4.81. The molecule has 0 atom stereocenters. The number of aromatic nitrogens is 5. The van der Waals surface area contributed by atoms with Crippen LogP contribution < -0.4 is 15.5 Å². The highest BCUT2D eigenvalue weighted by Gasteiger charge is 2.19. The average molecular weight is 551 g/mol. The summed E-state index contributed by atoms with van der Waals surface area (Å²) in [6, 6.07) is 21.2. The van der Waals surface area contributed by atoms with Crippen molar-refractivity contribution in [2.75, 3.05) is 28.6 Å². The van der Waals surface area contributed by atoms with Crippen LogP contribution in [0.2, 0.25) is 0 Å². The summed E-state index contributed by atoms with van der Waals surface area (Å²) >= 11 is 0. The Kier molecular flexibility index (Phi) is 8.38. The average Bonchev–Trinajstić information content (AvgIpc) is 3.68. The summed E-state index contributed by atoms with van der Waals surface area (Å²) in [5.41, 5.74) is 5.96. The minimum absolute atomic E-state index is 0.336. The van der Waals surface area contributed by atoms with E-state index in [1.54, 1.807) is 6.20 Å². The van der Waals surface area contributed by atoms with Gasteiger partial charge in [-0.1, -0.05) is 58.0 Å². The lowest BCUT2D eigenvalue weighted by molar-refractivity contribution is 0.262. The molecule has 0 fully saturated rings. The molecule has 3 aromatic carbocycles. The molecule has 0 unspecified atom stereocenters. The minimum atomic E-state index is -0.336. The molecule has 5 rings (SSSR count). The van der Waals surface area contributed by atoms with E-state index in [0.717, 1.165) is 41.0 Å². The van der Waals surface area contributed by atoms with Crippen LogP contribution in [0.3, 0.4) is 0 Å². The molecule has 2 amide bonds. The van der Waals surface area contributed by atoms with Gasteiger partial charge in [-0.05, 0) is 69.8 Å². The maximum atomic E-state index is 13.3. The predicted octanol–water partition coefficient (Wildman–Crippen LogP) is 6.95. The van der Waals surface area contributed by atoms with Gasteiger partial charge in [0, 0.05) is 29.9 Å². The molecule has 0 aliphatic carbocycles. The van der Waals surface area contributed by atoms with E-state index in [2.05, 4.69) is 81.0 Å². The first-order valence-corrected chi connectivity index (χ1v) is 13.7. The standard InChI is InChI=1S/C31H34N8O2/c1-20(2)17-39(18-21(3)4)28-14-11-23(25-7-5-6-8-26(25)30-35-37-38-36-30)15-27(28)34-31(40)33-24-12-9-22(10-13-24)29-16-32-19-41-29/h5-16,19-21H,17-18H2,1-4H3,(H2,33,34,40)(H,35,36,37,38). The van der Waals surface area contributed by atoms with Crippen LogP contribution in [0.4, 0.5) is 21.9 Å². The Hall–Kier alpha value is -4.99. The van der Waals surface area contributed by atoms with Crippen molar-refractivity contribution in [3.05, 3.63) is 79.3 Å². The summed E-state index contributed by atoms with van der Waals surface area (Å²) in [5, 5.41) is 20.5. The van der Waals surface area contributed by atoms with Gasteiger partial charge in [0.1, 0.15) is 0 Å². The number of aromatic amines is 1. The van der Waals surface area contributed by atoms with Crippen molar-refractivity contribution < 1.29 is 9.21 Å². The zero-order chi connectivity index (χ0) is 28.8. The van der Waals surface area contributed by atoms with Crippen LogP contribution in [-0.2, 0) is 0 Å². The molecule has 0 aliphatic heterocycles. The highest BCUT2D eigenvalue weighted by atomic mass is 16.3. The van der Waals surface area contributed by atoms with Crippen LogP contribution >= 0.6 is 0 Å². The van der Waals surface area contributed by atoms with E-state index in [-0.39, 0.29) is 6.03 Å². The van der Waals surface area contributed by atoms with Gasteiger partial charge in [-0.15, -0.1) is 5.10 Å². The Bertz CT molecular complexity index is 1550. The lowest BCUT2D eigenvalue weighted by Gasteiger charge is -2.31. The van der Waals surface area contributed by atoms with E-state index in [9.17, 15) is 4.79 Å². The Morgan fingerprint density at radius 1 is 0.902 bits per heavy atom. The summed E-state index contributed by atoms with van der Waals surface area (Å²) in [4.78, 5) is 19.6. The Morgan fingerprint density at radius 2 is 1.61 bits per heavy atom. The summed E-state index contributed by atoms with van der Waals surface area (Å²) in [5.74, 6) is 2.13. The first kappa shape index (κ1) is 27.6. The lowest BCUT2D eigenvalue weighted by Crippen LogP contribution is -2.32. The molecule has 2 heterocycles. The molecule has 0 aliphatic rings. The van der Waals surface area contributed by atoms with E-state index in [1.807, 2.05) is 54.6 Å². The third-order valence-electron chi connectivity index (χ3n) is 6.45. The van der Waals surface area contributed by atoms with Gasteiger partial charge in [0.15, 0.2) is 18.0 Å². The predicted molar refractivity (Wildman–Crippen MR) is 162 cm³/mol. The number of hydrogen-bond acceptors (Lipinski definition) is 7. The number of nitrogens with zero attached hydrogens (tertiary/aromatic N) is 5. The summed E-state index contributed by atoms with van der Waals surface area (Å²) < 4.78 is 5.36. The summed E-state index contributed by atoms with van der Waals surface area (Å²) in [7, 11) is 0. The molecule has 10 nitrogen and oxygen atoms in total. The monoisotopic (exact) mass is 550 g/mol. The highest BCUT2D eigenvalue weighted by Crippen LogP contribution is 2.36. The molecule has 0 radical (unpaired) electrons. The van der Waals surface area contributed by atoms with Gasteiger partial charge in [0.25, 0.3) is 0 Å². The van der Waals surface area contributed by atoms with Crippen LogP contribution in [-0.4, -0.2) is 44.7 Å². The van der Waals surface area contributed by atoms with Crippen molar-refractivity contribution in [1.29, 1.82) is 0 Å². The van der Waals surface area contributed by atoms with Gasteiger partial charge in [0.05, 0.1) is 17.6 Å². The van der Waals surface area contributed by atoms with E-state index >= 15 is 0 Å². The topological polar surface area (TPSA) is 125 Å². The maximum Gasteiger partial charge on any atom is 0.323 e. The zero-order valence-corrected chi connectivity index (χ0v) is 23.6. The minimum Gasteiger partial charge on any atom is -0.444 e. The number of urea groups is 1. The van der Waals surface area contributed by atoms with Crippen molar-refractivity contribution in [1.82, 2.24) is 25.6 Å². The Morgan fingerprint density at radius 3 is 2.24 bits per heavy atom. The number of amides is 2. The normalized spacial score (nSPS) is 11.2. The van der Waals surface area contributed by atoms with Crippen LogP contribution in [0.1, 0.15) is 27.7 Å². The van der Waals surface area contributed by atoms with Gasteiger partial charge >= 0.3 is 6.03 Å². The fourth-order valence-corrected chi connectivity index (χ4v) is 4.81. The van der Waals surface area contributed by atoms with Gasteiger partial charge < -0.3 is 20.0 Å². The number of carbonyl (C=O) groups excluding carboxylic acids is 1. The number of tetrazole rings is 1. The van der Waals surface area contributed by atoms with Crippen LogP contribution in [0.5, 0.6) is 0 Å². The number of carbonyl (C=O) groups is 1. The second kappa shape index (κ2) is 12.5. The van der Waals surface area contributed by atoms with Crippen molar-refractivity contribution in [3.8, 4) is 33.8 Å². The molecule has 41 heavy (non-hydrogen) atoms. The number of anilines is 3. The molecule has 0 spiro atoms. The van der Waals surface area contributed by atoms with Crippen LogP contribution in [0.25, 0.3) is 33.8 Å². The van der Waals surface area contributed by atoms with Crippen molar-refractivity contribution in [2.45, 2.75) is 27.7 Å². The molecule has 2 aromatic heterocycles. The number of benzene rings is 3. The highest BCUT2D eigenvalue weighted by molar-refractivity contribution is 6.02. The maximum absolute atomic E-state index is 13.3. The second-order valence-electron chi connectivity index (χ2n) is 10.7. The third kappa shape index (κ3) is 6.78. The molecule has 5 aromatic rings. The molecule has 210 valence electrons. The molecule has 0 bridgehead atoms. The van der Waals surface area contributed by atoms with Crippen LogP contribution in [0.15, 0.2) is 83.7 Å². The van der Waals surface area contributed by atoms with Gasteiger partial charge in [0.2, 0.25) is 0 Å². The van der Waals surface area contributed by atoms with Crippen LogP contribution in [0, 0.1) is 11.8 Å². The van der Waals surface area contributed by atoms with E-state index in [1.165, 1.54) is 6.39 Å². The molecule has 0 saturated heterocycles. The Labute approximate surface area is 239 Å². The van der Waals surface area contributed by atoms with Gasteiger partial charge in [-0.3, -0.25) is 0 Å². The molecular weight excluding hydrogens is 516 g/mol. The van der Waals surface area contributed by atoms with E-state index in [0.29, 0.717) is 34.8 Å². The lowest BCUT2D eigenvalue weighted by atomic mass is 9.97. The number of H-pyrrole nitrogens is 1. The molecular formula is C31H34N8O2. The fraction of sp³-hybridized carbons (Fsp3) is 0.258. The van der Waals surface area contributed by atoms with E-state index in [4.69, 9.17) is 4.42 Å². The van der Waals surface area contributed by atoms with Crippen molar-refractivity contribution in [2.24, 2.45) is 11.8 Å². The van der Waals surface area contributed by atoms with E-state index < -0.39 is 0 Å². The number of rotatable bonds is 10. The molecule has 10 heteroatoms.